The number of aliphatic hydroxyl groups is 4. The van der Waals surface area contributed by atoms with Crippen LogP contribution >= 0.6 is 43.2 Å². The summed E-state index contributed by atoms with van der Waals surface area (Å²) in [5, 5.41) is 56.5. The minimum atomic E-state index is -2.63. The van der Waals surface area contributed by atoms with Crippen LogP contribution in [0.1, 0.15) is 50.4 Å². The molecule has 8 N–H and O–H groups in total. The highest BCUT2D eigenvalue weighted by atomic mass is 33.5. The van der Waals surface area contributed by atoms with Gasteiger partial charge in [-0.05, 0) is 62.3 Å². The van der Waals surface area contributed by atoms with Gasteiger partial charge in [0, 0.05) is 55.4 Å². The van der Waals surface area contributed by atoms with E-state index in [1.807, 2.05) is 19.4 Å². The number of carbonyl (C=O) groups is 4. The lowest BCUT2D eigenvalue weighted by Crippen LogP contribution is -2.65. The molecule has 2 amide bonds. The minimum absolute atomic E-state index is 0.0771. The molecule has 6 aliphatic rings. The number of ether oxygens (including phenoxy) is 13. The van der Waals surface area contributed by atoms with Crippen molar-refractivity contribution < 1.29 is 106 Å². The molecule has 0 aromatic heterocycles. The number of allylic oxidation sites excluding steroid dienone is 2. The van der Waals surface area contributed by atoms with Crippen LogP contribution in [-0.4, -0.2) is 227 Å². The van der Waals surface area contributed by atoms with Crippen LogP contribution in [0.15, 0.2) is 59.5 Å². The van der Waals surface area contributed by atoms with Crippen LogP contribution < -0.4 is 30.9 Å². The van der Waals surface area contributed by atoms with E-state index in [0.717, 1.165) is 7.11 Å². The Bertz CT molecular complexity index is 2820. The summed E-state index contributed by atoms with van der Waals surface area (Å²) in [6.45, 7) is 8.65. The van der Waals surface area contributed by atoms with Crippen LogP contribution in [0.3, 0.4) is 0 Å². The van der Waals surface area contributed by atoms with Crippen LogP contribution in [0.4, 0.5) is 10.5 Å². The van der Waals surface area contributed by atoms with Crippen LogP contribution in [0.2, 0.25) is 0 Å². The maximum atomic E-state index is 15.5. The number of Topliss-reactive ketones (excluding diaryl/α,β-unsaturated/α-hetero) is 1. The fourth-order valence-corrected chi connectivity index (χ4v) is 13.8. The van der Waals surface area contributed by atoms with Gasteiger partial charge in [-0.15, -0.1) is 0 Å². The number of thioether (sulfide) groups is 1. The van der Waals surface area contributed by atoms with Crippen molar-refractivity contribution in [1.82, 2.24) is 16.1 Å². The second kappa shape index (κ2) is 32.4. The number of aliphatic hydroxyl groups excluding tert-OH is 3. The Morgan fingerprint density at radius 1 is 0.851 bits per heavy atom. The summed E-state index contributed by atoms with van der Waals surface area (Å²) in [5.41, 5.74) is -0.858. The maximum absolute atomic E-state index is 15.5. The average Bonchev–Trinajstić information content (AvgIpc) is 0.873. The van der Waals surface area contributed by atoms with E-state index < -0.39 is 134 Å². The molecule has 7 rings (SSSR count). The molecule has 0 radical (unpaired) electrons. The standard InChI is InChI=1S/C57H76N4O22S4/c1-27-45(61-83-43-24-36(63)51(84-11)29(3)77-43)47(64)50(80-41-25-38(71-7)34(58-5)26-75-41)55(78-27)79-37-17-15-13-14-16-19-57(69)32(18-20-86-87-85-12)44(37)46(60-56(68)74-10)48(65)52(57)81-42-23-35(62)49(28(2)76-42)82-54(67)31-21-39(72-8)40(73-9)22-33(31)59-53(66)30(4)70-6/h13-14,18,21-22,27-29,34-38,41-43,45,47,49-52,55,58,61-64,69H,4,20,23-26H2,1-3,5-12H3,(H,59,66)(H,60,68)/b14-13-,32-18?/t27?,28?,29?,34?,35?,36?,37-,38?,41?,42?,43?,45?,47?,49?,50?,51?,52?,55?,57+/m0/s1. The molecule has 4 aliphatic heterocycles. The fourth-order valence-electron chi connectivity index (χ4n) is 10.5. The summed E-state index contributed by atoms with van der Waals surface area (Å²) >= 11 is 1.47. The largest absolute Gasteiger partial charge is 0.493 e. The van der Waals surface area contributed by atoms with Crippen molar-refractivity contribution in [3.63, 3.8) is 0 Å². The first-order chi connectivity index (χ1) is 41.7. The normalized spacial score (nSPS) is 34.9. The predicted octanol–water partition coefficient (Wildman–Crippen LogP) is 2.64. The first kappa shape index (κ1) is 69.8. The zero-order valence-electron chi connectivity index (χ0n) is 49.8. The van der Waals surface area contributed by atoms with Crippen LogP contribution in [0, 0.1) is 23.7 Å². The quantitative estimate of drug-likeness (QED) is 0.0140. The zero-order valence-corrected chi connectivity index (χ0v) is 53.1. The van der Waals surface area contributed by atoms with Gasteiger partial charge in [-0.3, -0.25) is 19.7 Å². The second-order valence-corrected chi connectivity index (χ2v) is 25.8. The van der Waals surface area contributed by atoms with Crippen molar-refractivity contribution in [3.8, 4) is 35.2 Å². The Morgan fingerprint density at radius 2 is 1.56 bits per heavy atom. The van der Waals surface area contributed by atoms with E-state index in [1.165, 1.54) is 95.7 Å². The van der Waals surface area contributed by atoms with Crippen molar-refractivity contribution in [3.05, 3.63) is 65.1 Å². The summed E-state index contributed by atoms with van der Waals surface area (Å²) in [6.07, 6.45) is -11.6. The zero-order chi connectivity index (χ0) is 63.3. The number of carbonyl (C=O) groups excluding carboxylic acids is 4. The summed E-state index contributed by atoms with van der Waals surface area (Å²) in [6, 6.07) is 1.34. The Labute approximate surface area is 520 Å². The molecule has 30 heteroatoms. The number of hydrogen-bond donors (Lipinski definition) is 8. The summed E-state index contributed by atoms with van der Waals surface area (Å²) < 4.78 is 77.4. The van der Waals surface area contributed by atoms with E-state index in [0.29, 0.717) is 0 Å². The topological polar surface area (TPSA) is 327 Å². The Balaban J connectivity index is 1.23. The molecule has 17 unspecified atom stereocenters. The first-order valence-corrected chi connectivity index (χ1v) is 32.9. The van der Waals surface area contributed by atoms with Gasteiger partial charge in [0.1, 0.15) is 18.3 Å². The van der Waals surface area contributed by atoms with Gasteiger partial charge < -0.3 is 92.6 Å². The third-order valence-electron chi connectivity index (χ3n) is 15.0. The summed E-state index contributed by atoms with van der Waals surface area (Å²) in [7, 11) is 12.5. The number of likely N-dealkylation sites (N-methyl/N-ethyl adjacent to an activating group) is 1. The molecule has 1 aromatic carbocycles. The number of ketones is 1. The van der Waals surface area contributed by atoms with Crippen LogP contribution in [0.5, 0.6) is 11.5 Å². The molecule has 19 atom stereocenters. The smallest absolute Gasteiger partial charge is 0.411 e. The molecule has 4 heterocycles. The molecule has 87 heavy (non-hydrogen) atoms. The van der Waals surface area contributed by atoms with Crippen molar-refractivity contribution >= 4 is 72.6 Å². The predicted molar refractivity (Wildman–Crippen MR) is 321 cm³/mol. The van der Waals surface area contributed by atoms with Gasteiger partial charge in [0.2, 0.25) is 5.78 Å². The third kappa shape index (κ3) is 16.7. The van der Waals surface area contributed by atoms with E-state index in [2.05, 4.69) is 51.7 Å². The lowest BCUT2D eigenvalue weighted by Gasteiger charge is -2.47. The van der Waals surface area contributed by atoms with Crippen LogP contribution in [0.25, 0.3) is 0 Å². The lowest BCUT2D eigenvalue weighted by atomic mass is 9.73. The molecule has 4 fully saturated rings. The van der Waals surface area contributed by atoms with Crippen molar-refractivity contribution in [2.45, 2.75) is 155 Å². The Kier molecular flexibility index (Phi) is 26.0. The molecular formula is C57H76N4O22S4. The highest BCUT2D eigenvalue weighted by molar-refractivity contribution is 9.09. The monoisotopic (exact) mass is 1300 g/mol. The number of alkyl carbamates (subject to hydrolysis) is 1. The number of esters is 1. The highest BCUT2D eigenvalue weighted by Crippen LogP contribution is 2.44. The molecular weight excluding hydrogens is 1220 g/mol. The third-order valence-corrected chi connectivity index (χ3v) is 20.0. The average molecular weight is 1300 g/mol. The number of hydroxylamine groups is 1. The van der Waals surface area contributed by atoms with E-state index >= 15 is 4.79 Å². The van der Waals surface area contributed by atoms with E-state index in [4.69, 9.17) is 66.4 Å². The van der Waals surface area contributed by atoms with Gasteiger partial charge in [-0.25, -0.2) is 9.59 Å². The van der Waals surface area contributed by atoms with Gasteiger partial charge in [-0.2, -0.15) is 17.2 Å². The molecule has 1 aromatic rings. The maximum Gasteiger partial charge on any atom is 0.411 e. The fraction of sp³-hybridized carbons (Fsp3) is 0.614. The molecule has 2 bridgehead atoms. The molecule has 4 saturated heterocycles. The number of fused-ring (bicyclic) bond motifs is 2. The molecule has 2 aliphatic carbocycles. The van der Waals surface area contributed by atoms with Gasteiger partial charge in [-0.1, -0.05) is 57.9 Å². The van der Waals surface area contributed by atoms with Crippen molar-refractivity contribution in [1.29, 1.82) is 0 Å². The van der Waals surface area contributed by atoms with Gasteiger partial charge >= 0.3 is 12.1 Å². The van der Waals surface area contributed by atoms with E-state index in [9.17, 15) is 34.8 Å². The van der Waals surface area contributed by atoms with Crippen molar-refractivity contribution in [2.75, 3.05) is 72.8 Å². The van der Waals surface area contributed by atoms with Crippen molar-refractivity contribution in [2.24, 2.45) is 0 Å². The number of methoxy groups -OCH3 is 5. The molecule has 0 spiro atoms. The van der Waals surface area contributed by atoms with Gasteiger partial charge in [0.25, 0.3) is 5.91 Å². The van der Waals surface area contributed by atoms with Crippen LogP contribution in [-0.2, 0) is 66.5 Å². The molecule has 480 valence electrons. The number of rotatable bonds is 24. The highest BCUT2D eigenvalue weighted by Gasteiger charge is 2.57. The minimum Gasteiger partial charge on any atom is -0.493 e. The number of nitrogens with one attached hydrogen (secondary N) is 4. The molecule has 26 nitrogen and oxygen atoms in total. The molecule has 0 saturated carbocycles. The summed E-state index contributed by atoms with van der Waals surface area (Å²) in [4.78, 5) is 61.9. The number of hydrogen-bond acceptors (Lipinski definition) is 28. The number of anilines is 1. The van der Waals surface area contributed by atoms with E-state index in [1.54, 1.807) is 27.2 Å². The second-order valence-electron chi connectivity index (χ2n) is 20.4. The van der Waals surface area contributed by atoms with E-state index in [-0.39, 0.29) is 82.3 Å². The number of benzene rings is 1. The first-order valence-electron chi connectivity index (χ1n) is 27.5. The van der Waals surface area contributed by atoms with Gasteiger partial charge in [0.05, 0.1) is 106 Å². The Hall–Kier alpha value is -4.62. The van der Waals surface area contributed by atoms with Gasteiger partial charge in [0.15, 0.2) is 60.2 Å². The SMILES string of the molecule is C=C(OC)C(=O)Nc1cc(OC)c(OC)cc1C(=O)OC1C(O)CC(OC2C(=O)C(NC(=O)OC)=C3C(=CCSSSC)[C@]2(O)C#C/C=C\C#C[C@@H]3OC2OC(C)C(NOC3CC(O)C(SC)C(C)O3)C(O)C2OC2CC(OC)C(NC)CO2)OC1C. The lowest BCUT2D eigenvalue weighted by molar-refractivity contribution is -0.336. The Morgan fingerprint density at radius 3 is 2.22 bits per heavy atom. The summed E-state index contributed by atoms with van der Waals surface area (Å²) in [5.74, 6) is 8.68. The number of amides is 2.